The molecule has 0 saturated heterocycles. The van der Waals surface area contributed by atoms with Gasteiger partial charge in [0.15, 0.2) is 5.82 Å². The van der Waals surface area contributed by atoms with Crippen molar-refractivity contribution < 1.29 is 4.79 Å². The largest absolute Gasteiger partial charge is 0.297 e. The minimum Gasteiger partial charge on any atom is -0.297 e. The first-order valence-corrected chi connectivity index (χ1v) is 3.82. The molecule has 0 atom stereocenters. The molecule has 0 bridgehead atoms. The molecule has 2 heterocycles. The minimum atomic E-state index is 0.595. The molecule has 13 heavy (non-hydrogen) atoms. The van der Waals surface area contributed by atoms with E-state index >= 15 is 0 Å². The van der Waals surface area contributed by atoms with Crippen molar-refractivity contribution in [3.05, 3.63) is 18.1 Å². The number of rotatable bonds is 1. The molecule has 0 spiro atoms. The first-order valence-electron chi connectivity index (χ1n) is 3.82. The monoisotopic (exact) mass is 176 g/mol. The van der Waals surface area contributed by atoms with Gasteiger partial charge in [0, 0.05) is 19.4 Å². The van der Waals surface area contributed by atoms with Crippen LogP contribution in [0.15, 0.2) is 17.4 Å². The summed E-state index contributed by atoms with van der Waals surface area (Å²) in [5.41, 5.74) is 0.887. The molecule has 2 aromatic rings. The summed E-state index contributed by atoms with van der Waals surface area (Å²) in [5, 5.41) is 0. The van der Waals surface area contributed by atoms with E-state index in [1.165, 1.54) is 6.08 Å². The molecular weight excluding hydrogens is 168 g/mol. The van der Waals surface area contributed by atoms with Gasteiger partial charge in [-0.1, -0.05) is 0 Å². The summed E-state index contributed by atoms with van der Waals surface area (Å²) in [7, 11) is 1.81. The third kappa shape index (κ3) is 0.910. The maximum absolute atomic E-state index is 10.1. The Balaban J connectivity index is 2.89. The molecule has 0 aliphatic heterocycles. The van der Waals surface area contributed by atoms with E-state index < -0.39 is 0 Å². The Hall–Kier alpha value is -1.87. The first kappa shape index (κ1) is 7.76. The lowest BCUT2D eigenvalue weighted by Gasteiger charge is -1.92. The van der Waals surface area contributed by atoms with Crippen LogP contribution < -0.4 is 0 Å². The van der Waals surface area contributed by atoms with Crippen LogP contribution >= 0.6 is 0 Å². The number of hydrogen-bond acceptors (Lipinski definition) is 3. The van der Waals surface area contributed by atoms with Gasteiger partial charge < -0.3 is 0 Å². The van der Waals surface area contributed by atoms with E-state index in [2.05, 4.69) is 9.98 Å². The summed E-state index contributed by atoms with van der Waals surface area (Å²) in [6, 6.07) is 0. The molecule has 66 valence electrons. The standard InChI is InChI=1S/C8H8N4O/c1-6-7(10-5-13)11(2)8-9-3-4-12(6)8/h3-4H,1-2H3. The number of hydrogen-bond donors (Lipinski definition) is 0. The fourth-order valence-electron chi connectivity index (χ4n) is 1.45. The number of aryl methyl sites for hydroxylation is 2. The van der Waals surface area contributed by atoms with Crippen molar-refractivity contribution in [3.63, 3.8) is 0 Å². The van der Waals surface area contributed by atoms with E-state index in [9.17, 15) is 4.79 Å². The summed E-state index contributed by atoms with van der Waals surface area (Å²) >= 11 is 0. The van der Waals surface area contributed by atoms with Gasteiger partial charge in [0.25, 0.3) is 0 Å². The molecule has 2 rings (SSSR count). The molecule has 0 saturated carbocycles. The van der Waals surface area contributed by atoms with Gasteiger partial charge in [-0.25, -0.2) is 9.78 Å². The lowest BCUT2D eigenvalue weighted by atomic mass is 10.5. The van der Waals surface area contributed by atoms with Gasteiger partial charge in [0.1, 0.15) is 0 Å². The molecule has 0 aromatic carbocycles. The summed E-state index contributed by atoms with van der Waals surface area (Å²) in [4.78, 5) is 17.9. The molecule has 0 aliphatic carbocycles. The number of isocyanates is 1. The Kier molecular flexibility index (Phi) is 1.53. The van der Waals surface area contributed by atoms with Gasteiger partial charge in [-0.3, -0.25) is 8.97 Å². The van der Waals surface area contributed by atoms with Gasteiger partial charge in [-0.15, -0.1) is 4.99 Å². The minimum absolute atomic E-state index is 0.595. The molecule has 0 fully saturated rings. The predicted octanol–water partition coefficient (Wildman–Crippen LogP) is 0.949. The average molecular weight is 176 g/mol. The molecule has 0 aliphatic rings. The third-order valence-corrected chi connectivity index (χ3v) is 2.08. The summed E-state index contributed by atoms with van der Waals surface area (Å²) in [6.07, 6.45) is 5.06. The van der Waals surface area contributed by atoms with Crippen LogP contribution in [0.2, 0.25) is 0 Å². The summed E-state index contributed by atoms with van der Waals surface area (Å²) < 4.78 is 3.62. The summed E-state index contributed by atoms with van der Waals surface area (Å²) in [6.45, 7) is 1.88. The smallest absolute Gasteiger partial charge is 0.242 e. The highest BCUT2D eigenvalue weighted by atomic mass is 16.1. The van der Waals surface area contributed by atoms with Crippen molar-refractivity contribution in [2.75, 3.05) is 0 Å². The first-order chi connectivity index (χ1) is 6.25. The van der Waals surface area contributed by atoms with Crippen LogP contribution in [0.25, 0.3) is 5.78 Å². The molecule has 0 amide bonds. The van der Waals surface area contributed by atoms with Crippen LogP contribution in [0.4, 0.5) is 5.82 Å². The Labute approximate surface area is 74.3 Å². The SMILES string of the molecule is Cc1c(N=C=O)n(C)c2nccn12. The zero-order chi connectivity index (χ0) is 9.42. The normalized spacial score (nSPS) is 10.3. The van der Waals surface area contributed by atoms with Crippen molar-refractivity contribution in [1.29, 1.82) is 0 Å². The van der Waals surface area contributed by atoms with Crippen molar-refractivity contribution in [1.82, 2.24) is 14.0 Å². The lowest BCUT2D eigenvalue weighted by Crippen LogP contribution is -1.87. The second kappa shape index (κ2) is 2.57. The Morgan fingerprint density at radius 2 is 2.38 bits per heavy atom. The van der Waals surface area contributed by atoms with Crippen molar-refractivity contribution in [3.8, 4) is 0 Å². The van der Waals surface area contributed by atoms with Crippen molar-refractivity contribution >= 4 is 17.7 Å². The average Bonchev–Trinajstić information content (AvgIpc) is 2.66. The van der Waals surface area contributed by atoms with Gasteiger partial charge in [-0.2, -0.15) is 0 Å². The van der Waals surface area contributed by atoms with E-state index in [0.717, 1.165) is 11.5 Å². The number of nitrogens with zero attached hydrogens (tertiary/aromatic N) is 4. The Morgan fingerprint density at radius 3 is 3.00 bits per heavy atom. The van der Waals surface area contributed by atoms with Crippen molar-refractivity contribution in [2.45, 2.75) is 6.92 Å². The number of carbonyl (C=O) groups excluding carboxylic acids is 1. The van der Waals surface area contributed by atoms with Gasteiger partial charge in [-0.05, 0) is 6.92 Å². The van der Waals surface area contributed by atoms with Gasteiger partial charge >= 0.3 is 0 Å². The second-order valence-corrected chi connectivity index (χ2v) is 2.77. The van der Waals surface area contributed by atoms with Crippen LogP contribution in [0.5, 0.6) is 0 Å². The van der Waals surface area contributed by atoms with E-state index in [4.69, 9.17) is 0 Å². The van der Waals surface area contributed by atoms with E-state index in [1.807, 2.05) is 24.6 Å². The van der Waals surface area contributed by atoms with E-state index in [1.54, 1.807) is 10.8 Å². The fourth-order valence-corrected chi connectivity index (χ4v) is 1.45. The molecule has 5 nitrogen and oxygen atoms in total. The van der Waals surface area contributed by atoms with E-state index in [-0.39, 0.29) is 0 Å². The highest BCUT2D eigenvalue weighted by Crippen LogP contribution is 2.21. The number of fused-ring (bicyclic) bond motifs is 1. The molecule has 2 aromatic heterocycles. The van der Waals surface area contributed by atoms with Crippen molar-refractivity contribution in [2.24, 2.45) is 12.0 Å². The highest BCUT2D eigenvalue weighted by molar-refractivity contribution is 5.54. The fraction of sp³-hybridized carbons (Fsp3) is 0.250. The summed E-state index contributed by atoms with van der Waals surface area (Å²) in [5.74, 6) is 1.37. The molecule has 0 N–H and O–H groups in total. The highest BCUT2D eigenvalue weighted by Gasteiger charge is 2.10. The predicted molar refractivity (Wildman–Crippen MR) is 46.7 cm³/mol. The molecule has 5 heteroatoms. The zero-order valence-corrected chi connectivity index (χ0v) is 7.35. The van der Waals surface area contributed by atoms with Crippen LogP contribution in [-0.2, 0) is 11.8 Å². The topological polar surface area (TPSA) is 51.7 Å². The van der Waals surface area contributed by atoms with E-state index in [0.29, 0.717) is 5.82 Å². The van der Waals surface area contributed by atoms with Crippen LogP contribution in [-0.4, -0.2) is 20.0 Å². The second-order valence-electron chi connectivity index (χ2n) is 2.77. The maximum Gasteiger partial charge on any atom is 0.242 e. The van der Waals surface area contributed by atoms with Gasteiger partial charge in [0.05, 0.1) is 5.69 Å². The Bertz CT molecular complexity index is 467. The lowest BCUT2D eigenvalue weighted by molar-refractivity contribution is 0.565. The van der Waals surface area contributed by atoms with Crippen LogP contribution in [0, 0.1) is 6.92 Å². The number of imidazole rings is 2. The Morgan fingerprint density at radius 1 is 1.62 bits per heavy atom. The van der Waals surface area contributed by atoms with Crippen LogP contribution in [0.3, 0.4) is 0 Å². The molecule has 0 unspecified atom stereocenters. The maximum atomic E-state index is 10.1. The number of aliphatic imine (C=N–C) groups is 1. The molecule has 0 radical (unpaired) electrons. The molecular formula is C8H8N4O. The van der Waals surface area contributed by atoms with Crippen LogP contribution in [0.1, 0.15) is 5.69 Å². The quantitative estimate of drug-likeness (QED) is 0.479. The zero-order valence-electron chi connectivity index (χ0n) is 7.35. The van der Waals surface area contributed by atoms with Gasteiger partial charge in [0.2, 0.25) is 11.9 Å². The third-order valence-electron chi connectivity index (χ3n) is 2.08. The number of aromatic nitrogens is 3.